The first-order valence-corrected chi connectivity index (χ1v) is 4.78. The van der Waals surface area contributed by atoms with Crippen LogP contribution in [-0.4, -0.2) is 34.4 Å². The molecule has 1 N–H and O–H groups in total. The normalized spacial score (nSPS) is 16.8. The Labute approximate surface area is 77.8 Å². The lowest BCUT2D eigenvalue weighted by Crippen LogP contribution is -2.21. The highest BCUT2D eigenvalue weighted by atomic mass is 16.3. The second-order valence-electron chi connectivity index (χ2n) is 3.36. The first-order valence-electron chi connectivity index (χ1n) is 4.78. The van der Waals surface area contributed by atoms with Crippen LogP contribution in [-0.2, 0) is 6.54 Å². The minimum Gasteiger partial charge on any atom is -0.395 e. The van der Waals surface area contributed by atoms with Crippen molar-refractivity contribution < 1.29 is 5.11 Å². The van der Waals surface area contributed by atoms with Gasteiger partial charge in [0.25, 0.3) is 0 Å². The summed E-state index contributed by atoms with van der Waals surface area (Å²) in [5.41, 5.74) is 0. The lowest BCUT2D eigenvalue weighted by Gasteiger charge is -2.18. The Morgan fingerprint density at radius 3 is 2.85 bits per heavy atom. The van der Waals surface area contributed by atoms with Gasteiger partial charge in [0.15, 0.2) is 0 Å². The molecule has 0 bridgehead atoms. The van der Waals surface area contributed by atoms with Gasteiger partial charge in [-0.05, 0) is 12.8 Å². The van der Waals surface area contributed by atoms with E-state index in [9.17, 15) is 0 Å². The maximum absolute atomic E-state index is 8.84. The standard InChI is InChI=1S/C9H15N3O/c13-6-5-12-8-10-7-9(12)11-3-1-2-4-11/h7-8,13H,1-6H2. The summed E-state index contributed by atoms with van der Waals surface area (Å²) >= 11 is 0. The van der Waals surface area contributed by atoms with E-state index < -0.39 is 0 Å². The lowest BCUT2D eigenvalue weighted by atomic mass is 10.4. The van der Waals surface area contributed by atoms with Crippen molar-refractivity contribution in [2.45, 2.75) is 19.4 Å². The average Bonchev–Trinajstić information content (AvgIpc) is 2.71. The fourth-order valence-electron chi connectivity index (χ4n) is 1.80. The Morgan fingerprint density at radius 1 is 1.38 bits per heavy atom. The van der Waals surface area contributed by atoms with E-state index in [1.807, 2.05) is 10.8 Å². The maximum atomic E-state index is 8.84. The third kappa shape index (κ3) is 1.67. The summed E-state index contributed by atoms with van der Waals surface area (Å²) in [5.74, 6) is 1.14. The van der Waals surface area contributed by atoms with E-state index in [0.29, 0.717) is 6.54 Å². The third-order valence-corrected chi connectivity index (χ3v) is 2.46. The molecular formula is C9H15N3O. The summed E-state index contributed by atoms with van der Waals surface area (Å²) in [6.07, 6.45) is 6.19. The Bertz CT molecular complexity index is 266. The molecule has 4 nitrogen and oxygen atoms in total. The first-order chi connectivity index (χ1) is 6.42. The summed E-state index contributed by atoms with van der Waals surface area (Å²) in [6.45, 7) is 3.07. The predicted octanol–water partition coefficient (Wildman–Crippen LogP) is 0.476. The highest BCUT2D eigenvalue weighted by Crippen LogP contribution is 2.19. The van der Waals surface area contributed by atoms with Gasteiger partial charge in [-0.2, -0.15) is 0 Å². The van der Waals surface area contributed by atoms with Crippen LogP contribution in [0.25, 0.3) is 0 Å². The SMILES string of the molecule is OCCn1cncc1N1CCCC1. The predicted molar refractivity (Wildman–Crippen MR) is 50.8 cm³/mol. The van der Waals surface area contributed by atoms with Crippen molar-refractivity contribution in [2.24, 2.45) is 0 Å². The van der Waals surface area contributed by atoms with E-state index in [2.05, 4.69) is 9.88 Å². The van der Waals surface area contributed by atoms with Crippen molar-refractivity contribution in [3.63, 3.8) is 0 Å². The monoisotopic (exact) mass is 181 g/mol. The Hall–Kier alpha value is -1.03. The quantitative estimate of drug-likeness (QED) is 0.737. The molecule has 0 atom stereocenters. The summed E-state index contributed by atoms with van der Waals surface area (Å²) in [6, 6.07) is 0. The molecule has 0 unspecified atom stereocenters. The largest absolute Gasteiger partial charge is 0.395 e. The van der Waals surface area contributed by atoms with Crippen molar-refractivity contribution in [3.8, 4) is 0 Å². The van der Waals surface area contributed by atoms with Gasteiger partial charge in [-0.25, -0.2) is 4.98 Å². The van der Waals surface area contributed by atoms with Crippen molar-refractivity contribution in [1.82, 2.24) is 9.55 Å². The zero-order chi connectivity index (χ0) is 9.10. The smallest absolute Gasteiger partial charge is 0.128 e. The number of nitrogens with zero attached hydrogens (tertiary/aromatic N) is 3. The molecule has 1 aliphatic rings. The number of aliphatic hydroxyl groups is 1. The Kier molecular flexibility index (Phi) is 2.49. The van der Waals surface area contributed by atoms with Gasteiger partial charge in [0.05, 0.1) is 19.1 Å². The van der Waals surface area contributed by atoms with Crippen molar-refractivity contribution >= 4 is 5.82 Å². The summed E-state index contributed by atoms with van der Waals surface area (Å²) in [7, 11) is 0. The van der Waals surface area contributed by atoms with Crippen LogP contribution < -0.4 is 4.90 Å². The van der Waals surface area contributed by atoms with Crippen molar-refractivity contribution in [3.05, 3.63) is 12.5 Å². The van der Waals surface area contributed by atoms with E-state index in [0.717, 1.165) is 18.9 Å². The van der Waals surface area contributed by atoms with Gasteiger partial charge in [-0.15, -0.1) is 0 Å². The molecule has 1 fully saturated rings. The zero-order valence-electron chi connectivity index (χ0n) is 7.69. The molecule has 0 radical (unpaired) electrons. The van der Waals surface area contributed by atoms with Gasteiger partial charge >= 0.3 is 0 Å². The number of hydrogen-bond donors (Lipinski definition) is 1. The molecule has 1 saturated heterocycles. The van der Waals surface area contributed by atoms with Crippen LogP contribution in [0.5, 0.6) is 0 Å². The molecule has 72 valence electrons. The fourth-order valence-corrected chi connectivity index (χ4v) is 1.80. The first kappa shape index (κ1) is 8.56. The van der Waals surface area contributed by atoms with Crippen LogP contribution in [0.2, 0.25) is 0 Å². The maximum Gasteiger partial charge on any atom is 0.128 e. The van der Waals surface area contributed by atoms with Crippen LogP contribution in [0.15, 0.2) is 12.5 Å². The molecule has 0 aromatic carbocycles. The molecule has 1 aromatic rings. The van der Waals surface area contributed by atoms with Crippen molar-refractivity contribution in [2.75, 3.05) is 24.6 Å². The lowest BCUT2D eigenvalue weighted by molar-refractivity contribution is 0.276. The van der Waals surface area contributed by atoms with E-state index in [4.69, 9.17) is 5.11 Å². The van der Waals surface area contributed by atoms with Gasteiger partial charge in [-0.3, -0.25) is 0 Å². The van der Waals surface area contributed by atoms with Crippen LogP contribution in [0, 0.1) is 0 Å². The minimum absolute atomic E-state index is 0.178. The van der Waals surface area contributed by atoms with Gasteiger partial charge in [-0.1, -0.05) is 0 Å². The highest BCUT2D eigenvalue weighted by molar-refractivity contribution is 5.38. The molecule has 1 aliphatic heterocycles. The second kappa shape index (κ2) is 3.79. The summed E-state index contributed by atoms with van der Waals surface area (Å²) in [4.78, 5) is 6.42. The molecular weight excluding hydrogens is 166 g/mol. The van der Waals surface area contributed by atoms with E-state index in [-0.39, 0.29) is 6.61 Å². The Balaban J connectivity index is 2.13. The molecule has 2 heterocycles. The molecule has 0 aliphatic carbocycles. The number of rotatable bonds is 3. The third-order valence-electron chi connectivity index (χ3n) is 2.46. The van der Waals surface area contributed by atoms with Crippen LogP contribution in [0.3, 0.4) is 0 Å². The van der Waals surface area contributed by atoms with Gasteiger partial charge in [0, 0.05) is 19.6 Å². The van der Waals surface area contributed by atoms with Crippen molar-refractivity contribution in [1.29, 1.82) is 0 Å². The number of aliphatic hydroxyl groups excluding tert-OH is 1. The van der Waals surface area contributed by atoms with E-state index in [1.54, 1.807) is 6.33 Å². The summed E-state index contributed by atoms with van der Waals surface area (Å²) < 4.78 is 2.01. The van der Waals surface area contributed by atoms with Crippen LogP contribution in [0.4, 0.5) is 5.82 Å². The number of imidazole rings is 1. The molecule has 13 heavy (non-hydrogen) atoms. The molecule has 0 spiro atoms. The Morgan fingerprint density at radius 2 is 2.15 bits per heavy atom. The molecule has 2 rings (SSSR count). The summed E-state index contributed by atoms with van der Waals surface area (Å²) in [5, 5.41) is 8.84. The average molecular weight is 181 g/mol. The topological polar surface area (TPSA) is 41.3 Å². The number of hydrogen-bond acceptors (Lipinski definition) is 3. The molecule has 0 saturated carbocycles. The fraction of sp³-hybridized carbons (Fsp3) is 0.667. The van der Waals surface area contributed by atoms with E-state index >= 15 is 0 Å². The number of anilines is 1. The second-order valence-corrected chi connectivity index (χ2v) is 3.36. The molecule has 1 aromatic heterocycles. The van der Waals surface area contributed by atoms with Crippen LogP contribution >= 0.6 is 0 Å². The molecule has 4 heteroatoms. The minimum atomic E-state index is 0.178. The van der Waals surface area contributed by atoms with Crippen LogP contribution in [0.1, 0.15) is 12.8 Å². The van der Waals surface area contributed by atoms with E-state index in [1.165, 1.54) is 12.8 Å². The van der Waals surface area contributed by atoms with Gasteiger partial charge < -0.3 is 14.6 Å². The van der Waals surface area contributed by atoms with Gasteiger partial charge in [0.1, 0.15) is 5.82 Å². The number of aromatic nitrogens is 2. The zero-order valence-corrected chi connectivity index (χ0v) is 7.69. The van der Waals surface area contributed by atoms with Gasteiger partial charge in [0.2, 0.25) is 0 Å². The molecule has 0 amide bonds. The highest BCUT2D eigenvalue weighted by Gasteiger charge is 2.15.